The molecule has 0 radical (unpaired) electrons. The summed E-state index contributed by atoms with van der Waals surface area (Å²) < 4.78 is 5.23. The van der Waals surface area contributed by atoms with Gasteiger partial charge in [-0.25, -0.2) is 4.79 Å². The minimum absolute atomic E-state index is 0.355. The van der Waals surface area contributed by atoms with Gasteiger partial charge in [0.25, 0.3) is 0 Å². The molecule has 1 N–H and O–H groups in total. The Labute approximate surface area is 161 Å². The van der Waals surface area contributed by atoms with Gasteiger partial charge in [0.1, 0.15) is 5.60 Å². The molecule has 3 aromatic rings. The molecule has 0 aliphatic heterocycles. The number of unbranched alkanes of at least 4 members (excludes halogenated alkanes) is 1. The van der Waals surface area contributed by atoms with Crippen molar-refractivity contribution in [1.82, 2.24) is 5.32 Å². The fraction of sp³-hybridized carbons (Fsp3) is 0.292. The van der Waals surface area contributed by atoms with Gasteiger partial charge < -0.3 is 10.1 Å². The Morgan fingerprint density at radius 2 is 1.67 bits per heavy atom. The number of carbonyl (C=O) groups is 1. The van der Waals surface area contributed by atoms with E-state index in [1.807, 2.05) is 20.8 Å². The average molecular weight is 361 g/mol. The van der Waals surface area contributed by atoms with Crippen molar-refractivity contribution in [3.8, 4) is 0 Å². The summed E-state index contributed by atoms with van der Waals surface area (Å²) in [5, 5.41) is 7.88. The number of fused-ring (bicyclic) bond motifs is 3. The van der Waals surface area contributed by atoms with Crippen LogP contribution in [0.25, 0.3) is 27.6 Å². The Balaban J connectivity index is 1.63. The summed E-state index contributed by atoms with van der Waals surface area (Å²) in [4.78, 5) is 11.6. The van der Waals surface area contributed by atoms with Gasteiger partial charge in [-0.1, -0.05) is 60.7 Å². The van der Waals surface area contributed by atoms with E-state index in [0.29, 0.717) is 6.54 Å². The average Bonchev–Trinajstić information content (AvgIpc) is 2.63. The maximum Gasteiger partial charge on any atom is 0.407 e. The van der Waals surface area contributed by atoms with E-state index < -0.39 is 5.60 Å². The van der Waals surface area contributed by atoms with E-state index in [4.69, 9.17) is 4.74 Å². The predicted octanol–water partition coefficient (Wildman–Crippen LogP) is 6.31. The van der Waals surface area contributed by atoms with Crippen LogP contribution in [0.3, 0.4) is 0 Å². The topological polar surface area (TPSA) is 38.3 Å². The zero-order valence-electron chi connectivity index (χ0n) is 16.3. The Kier molecular flexibility index (Phi) is 5.80. The largest absolute Gasteiger partial charge is 0.444 e. The summed E-state index contributed by atoms with van der Waals surface area (Å²) in [6.45, 7) is 6.20. The van der Waals surface area contributed by atoms with Crippen LogP contribution >= 0.6 is 0 Å². The van der Waals surface area contributed by atoms with E-state index in [2.05, 4.69) is 72.1 Å². The van der Waals surface area contributed by atoms with Crippen molar-refractivity contribution in [2.75, 3.05) is 6.54 Å². The quantitative estimate of drug-likeness (QED) is 0.427. The molecule has 140 valence electrons. The number of amides is 1. The van der Waals surface area contributed by atoms with Crippen LogP contribution in [0.15, 0.2) is 60.7 Å². The summed E-state index contributed by atoms with van der Waals surface area (Å²) in [5.41, 5.74) is 0.769. The first-order chi connectivity index (χ1) is 12.9. The highest BCUT2D eigenvalue weighted by Crippen LogP contribution is 2.29. The molecule has 0 bridgehead atoms. The van der Waals surface area contributed by atoms with Crippen LogP contribution < -0.4 is 5.32 Å². The molecule has 0 heterocycles. The monoisotopic (exact) mass is 361 g/mol. The van der Waals surface area contributed by atoms with Gasteiger partial charge in [0, 0.05) is 6.54 Å². The van der Waals surface area contributed by atoms with Gasteiger partial charge in [-0.15, -0.1) is 0 Å². The third-order valence-corrected chi connectivity index (χ3v) is 4.31. The molecule has 0 aromatic heterocycles. The first-order valence-corrected chi connectivity index (χ1v) is 9.48. The molecule has 0 saturated heterocycles. The second-order valence-electron chi connectivity index (χ2n) is 7.71. The second kappa shape index (κ2) is 8.26. The molecule has 0 saturated carbocycles. The Morgan fingerprint density at radius 1 is 1.00 bits per heavy atom. The molecule has 1 amide bonds. The third kappa shape index (κ3) is 5.10. The molecule has 3 aromatic carbocycles. The lowest BCUT2D eigenvalue weighted by Gasteiger charge is -2.19. The van der Waals surface area contributed by atoms with Crippen molar-refractivity contribution < 1.29 is 9.53 Å². The molecule has 0 fully saturated rings. The van der Waals surface area contributed by atoms with Crippen molar-refractivity contribution in [1.29, 1.82) is 0 Å². The van der Waals surface area contributed by atoms with Crippen molar-refractivity contribution in [2.45, 2.75) is 39.2 Å². The Bertz CT molecular complexity index is 967. The molecule has 0 unspecified atom stereocenters. The van der Waals surface area contributed by atoms with Gasteiger partial charge >= 0.3 is 6.09 Å². The number of nitrogens with one attached hydrogen (secondary N) is 1. The van der Waals surface area contributed by atoms with Gasteiger partial charge in [0.05, 0.1) is 0 Å². The van der Waals surface area contributed by atoms with E-state index in [1.54, 1.807) is 0 Å². The van der Waals surface area contributed by atoms with Gasteiger partial charge in [-0.2, -0.15) is 0 Å². The first-order valence-electron chi connectivity index (χ1n) is 9.48. The van der Waals surface area contributed by atoms with E-state index >= 15 is 0 Å². The van der Waals surface area contributed by atoms with Crippen LogP contribution in [-0.2, 0) is 4.74 Å². The van der Waals surface area contributed by atoms with E-state index in [-0.39, 0.29) is 6.09 Å². The lowest BCUT2D eigenvalue weighted by Crippen LogP contribution is -2.32. The summed E-state index contributed by atoms with van der Waals surface area (Å²) in [6, 6.07) is 19.3. The van der Waals surface area contributed by atoms with E-state index in [0.717, 1.165) is 12.8 Å². The summed E-state index contributed by atoms with van der Waals surface area (Å²) in [5.74, 6) is 0. The lowest BCUT2D eigenvalue weighted by atomic mass is 9.97. The molecular weight excluding hydrogens is 334 g/mol. The van der Waals surface area contributed by atoms with E-state index in [9.17, 15) is 4.79 Å². The molecule has 0 atom stereocenters. The van der Waals surface area contributed by atoms with Crippen LogP contribution in [0.2, 0.25) is 0 Å². The third-order valence-electron chi connectivity index (χ3n) is 4.31. The molecule has 0 spiro atoms. The van der Waals surface area contributed by atoms with Gasteiger partial charge in [-0.3, -0.25) is 0 Å². The summed E-state index contributed by atoms with van der Waals surface area (Å²) >= 11 is 0. The summed E-state index contributed by atoms with van der Waals surface area (Å²) in [7, 11) is 0. The van der Waals surface area contributed by atoms with Crippen LogP contribution in [0, 0.1) is 0 Å². The Hall–Kier alpha value is -2.81. The SMILES string of the molecule is CC(C)(C)OC(=O)NCCC/C=C/c1cc2ccccc2c2ccccc12. The second-order valence-corrected chi connectivity index (χ2v) is 7.71. The van der Waals surface area contributed by atoms with Gasteiger partial charge in [0.15, 0.2) is 0 Å². The zero-order valence-corrected chi connectivity index (χ0v) is 16.3. The predicted molar refractivity (Wildman–Crippen MR) is 114 cm³/mol. The molecule has 0 aliphatic carbocycles. The smallest absolute Gasteiger partial charge is 0.407 e. The number of hydrogen-bond donors (Lipinski definition) is 1. The number of allylic oxidation sites excluding steroid dienone is 1. The maximum atomic E-state index is 11.6. The van der Waals surface area contributed by atoms with Crippen LogP contribution in [0.5, 0.6) is 0 Å². The molecule has 27 heavy (non-hydrogen) atoms. The van der Waals surface area contributed by atoms with Crippen LogP contribution in [0.4, 0.5) is 4.79 Å². The molecule has 3 nitrogen and oxygen atoms in total. The highest BCUT2D eigenvalue weighted by Gasteiger charge is 2.15. The number of alkyl carbamates (subject to hydrolysis) is 1. The summed E-state index contributed by atoms with van der Waals surface area (Å²) in [6.07, 6.45) is 5.78. The fourth-order valence-corrected chi connectivity index (χ4v) is 3.16. The normalized spacial score (nSPS) is 12.0. The Morgan fingerprint density at radius 3 is 2.41 bits per heavy atom. The van der Waals surface area contributed by atoms with Gasteiger partial charge in [-0.05, 0) is 66.8 Å². The number of ether oxygens (including phenoxy) is 1. The molecule has 3 heteroatoms. The number of rotatable bonds is 5. The highest BCUT2D eigenvalue weighted by atomic mass is 16.6. The lowest BCUT2D eigenvalue weighted by molar-refractivity contribution is 0.0527. The highest BCUT2D eigenvalue weighted by molar-refractivity contribution is 6.10. The standard InChI is InChI=1S/C24H27NO2/c1-24(2,3)27-23(26)25-16-10-4-5-11-18-17-19-12-6-7-13-20(19)22-15-9-8-14-21(18)22/h5-9,11-15,17H,4,10,16H2,1-3H3,(H,25,26)/b11-5+. The maximum absolute atomic E-state index is 11.6. The number of hydrogen-bond acceptors (Lipinski definition) is 2. The van der Waals surface area contributed by atoms with E-state index in [1.165, 1.54) is 27.1 Å². The number of benzene rings is 3. The van der Waals surface area contributed by atoms with Crippen molar-refractivity contribution in [3.05, 3.63) is 66.2 Å². The fourth-order valence-electron chi connectivity index (χ4n) is 3.16. The van der Waals surface area contributed by atoms with Crippen LogP contribution in [-0.4, -0.2) is 18.2 Å². The molecular formula is C24H27NO2. The minimum atomic E-state index is -0.457. The first kappa shape index (κ1) is 19.0. The molecule has 0 aliphatic rings. The molecule has 3 rings (SSSR count). The number of carbonyl (C=O) groups excluding carboxylic acids is 1. The van der Waals surface area contributed by atoms with Crippen LogP contribution in [0.1, 0.15) is 39.2 Å². The zero-order chi connectivity index (χ0) is 19.3. The van der Waals surface area contributed by atoms with Gasteiger partial charge in [0.2, 0.25) is 0 Å². The van der Waals surface area contributed by atoms with Crippen molar-refractivity contribution in [2.24, 2.45) is 0 Å². The minimum Gasteiger partial charge on any atom is -0.444 e. The van der Waals surface area contributed by atoms with Crippen molar-refractivity contribution >= 4 is 33.7 Å². The van der Waals surface area contributed by atoms with Crippen molar-refractivity contribution in [3.63, 3.8) is 0 Å².